The molecule has 0 aliphatic heterocycles. The number of hydrogen-bond donors (Lipinski definition) is 0. The van der Waals surface area contributed by atoms with Crippen LogP contribution in [0.5, 0.6) is 0 Å². The van der Waals surface area contributed by atoms with Gasteiger partial charge in [-0.05, 0) is 45.9 Å². The van der Waals surface area contributed by atoms with Crippen LogP contribution in [0.4, 0.5) is 0 Å². The van der Waals surface area contributed by atoms with Gasteiger partial charge in [0.15, 0.2) is 0 Å². The zero-order valence-electron chi connectivity index (χ0n) is 12.3. The molecule has 0 saturated heterocycles. The molecule has 3 nitrogen and oxygen atoms in total. The monoisotopic (exact) mass is 288 g/mol. The Balaban J connectivity index is 2.17. The van der Waals surface area contributed by atoms with Crippen LogP contribution in [0, 0.1) is 0 Å². The Bertz CT molecular complexity index is 587. The molecule has 1 aromatic carbocycles. The average Bonchev–Trinajstić information content (AvgIpc) is 2.78. The molecule has 0 fully saturated rings. The maximum atomic E-state index is 12.2. The average molecular weight is 288 g/mol. The van der Waals surface area contributed by atoms with Gasteiger partial charge < -0.3 is 4.90 Å². The summed E-state index contributed by atoms with van der Waals surface area (Å²) in [5, 5.41) is 0.868. The van der Waals surface area contributed by atoms with Gasteiger partial charge in [0.25, 0.3) is 0 Å². The highest BCUT2D eigenvalue weighted by molar-refractivity contribution is 7.19. The van der Waals surface area contributed by atoms with Gasteiger partial charge in [0.2, 0.25) is 5.91 Å². The van der Waals surface area contributed by atoms with Gasteiger partial charge in [-0.25, -0.2) is 4.98 Å². The van der Waals surface area contributed by atoms with Gasteiger partial charge in [-0.2, -0.15) is 0 Å². The Hall–Kier alpha value is -1.68. The minimum atomic E-state index is 0.0363. The number of hydrogen-bond acceptors (Lipinski definition) is 3. The molecule has 0 radical (unpaired) electrons. The van der Waals surface area contributed by atoms with E-state index in [0.29, 0.717) is 0 Å². The molecule has 0 N–H and O–H groups in total. The highest BCUT2D eigenvalue weighted by Crippen LogP contribution is 2.22. The van der Waals surface area contributed by atoms with Crippen LogP contribution in [0.15, 0.2) is 30.3 Å². The van der Waals surface area contributed by atoms with E-state index in [-0.39, 0.29) is 18.0 Å². The second-order valence-corrected chi connectivity index (χ2v) is 6.35. The van der Waals surface area contributed by atoms with Crippen molar-refractivity contribution in [2.45, 2.75) is 39.8 Å². The number of thiazole rings is 1. The predicted molar refractivity (Wildman–Crippen MR) is 85.8 cm³/mol. The summed E-state index contributed by atoms with van der Waals surface area (Å²) in [7, 11) is 0. The molecule has 0 atom stereocenters. The normalized spacial score (nSPS) is 11.9. The molecule has 4 heteroatoms. The second-order valence-electron chi connectivity index (χ2n) is 5.29. The fourth-order valence-electron chi connectivity index (χ4n) is 2.30. The van der Waals surface area contributed by atoms with Crippen LogP contribution in [0.3, 0.4) is 0 Å². The minimum absolute atomic E-state index is 0.0363. The Labute approximate surface area is 123 Å². The topological polar surface area (TPSA) is 33.2 Å². The van der Waals surface area contributed by atoms with Crippen molar-refractivity contribution in [3.05, 3.63) is 35.3 Å². The summed E-state index contributed by atoms with van der Waals surface area (Å²) in [5.41, 5.74) is 0.981. The van der Waals surface area contributed by atoms with Gasteiger partial charge in [0.05, 0.1) is 10.2 Å². The van der Waals surface area contributed by atoms with Crippen molar-refractivity contribution in [1.82, 2.24) is 9.88 Å². The van der Waals surface area contributed by atoms with Crippen molar-refractivity contribution in [3.63, 3.8) is 0 Å². The number of rotatable bonds is 4. The summed E-state index contributed by atoms with van der Waals surface area (Å²) in [6.07, 6.45) is 3.43. The van der Waals surface area contributed by atoms with Crippen LogP contribution in [0.2, 0.25) is 0 Å². The first-order valence-corrected chi connectivity index (χ1v) is 7.66. The van der Waals surface area contributed by atoms with Gasteiger partial charge in [-0.3, -0.25) is 4.79 Å². The summed E-state index contributed by atoms with van der Waals surface area (Å²) in [4.78, 5) is 18.6. The van der Waals surface area contributed by atoms with E-state index in [4.69, 9.17) is 0 Å². The van der Waals surface area contributed by atoms with Crippen molar-refractivity contribution >= 4 is 33.5 Å². The van der Waals surface area contributed by atoms with E-state index in [2.05, 4.69) is 4.98 Å². The van der Waals surface area contributed by atoms with E-state index in [1.54, 1.807) is 17.4 Å². The molecule has 20 heavy (non-hydrogen) atoms. The number of carbonyl (C=O) groups excluding carboxylic acids is 1. The summed E-state index contributed by atoms with van der Waals surface area (Å²) >= 11 is 1.60. The first-order valence-electron chi connectivity index (χ1n) is 6.85. The molecular formula is C16H20N2OS. The molecule has 1 amide bonds. The van der Waals surface area contributed by atoms with Crippen LogP contribution in [-0.2, 0) is 4.79 Å². The molecule has 2 rings (SSSR count). The Morgan fingerprint density at radius 3 is 2.45 bits per heavy atom. The largest absolute Gasteiger partial charge is 0.334 e. The van der Waals surface area contributed by atoms with Crippen LogP contribution >= 0.6 is 11.3 Å². The van der Waals surface area contributed by atoms with Crippen molar-refractivity contribution in [2.75, 3.05) is 0 Å². The Kier molecular flexibility index (Phi) is 4.55. The third-order valence-corrected chi connectivity index (χ3v) is 4.05. The van der Waals surface area contributed by atoms with Crippen molar-refractivity contribution in [1.29, 1.82) is 0 Å². The van der Waals surface area contributed by atoms with Crippen molar-refractivity contribution < 1.29 is 4.79 Å². The molecule has 0 unspecified atom stereocenters. The van der Waals surface area contributed by atoms with E-state index >= 15 is 0 Å². The molecule has 0 saturated carbocycles. The van der Waals surface area contributed by atoms with Crippen molar-refractivity contribution in [3.8, 4) is 0 Å². The fraction of sp³-hybridized carbons (Fsp3) is 0.375. The molecule has 2 aromatic rings. The van der Waals surface area contributed by atoms with Gasteiger partial charge in [-0.15, -0.1) is 11.3 Å². The van der Waals surface area contributed by atoms with E-state index in [1.165, 1.54) is 0 Å². The van der Waals surface area contributed by atoms with Gasteiger partial charge in [0, 0.05) is 18.2 Å². The predicted octanol–water partition coefficient (Wildman–Crippen LogP) is 3.95. The standard InChI is InChI=1S/C16H20N2OS/c1-11(2)18(12(3)4)16(19)10-9-15-17-13-7-5-6-8-14(13)20-15/h5-12H,1-4H3. The second kappa shape index (κ2) is 6.18. The lowest BCUT2D eigenvalue weighted by molar-refractivity contribution is -0.129. The lowest BCUT2D eigenvalue weighted by Crippen LogP contribution is -2.41. The zero-order chi connectivity index (χ0) is 14.7. The molecule has 0 aliphatic carbocycles. The van der Waals surface area contributed by atoms with Gasteiger partial charge in [-0.1, -0.05) is 12.1 Å². The third kappa shape index (κ3) is 3.25. The van der Waals surface area contributed by atoms with E-state index in [1.807, 2.05) is 62.9 Å². The number of benzene rings is 1. The number of aromatic nitrogens is 1. The highest BCUT2D eigenvalue weighted by atomic mass is 32.1. The zero-order valence-corrected chi connectivity index (χ0v) is 13.1. The number of fused-ring (bicyclic) bond motifs is 1. The number of amides is 1. The van der Waals surface area contributed by atoms with Gasteiger partial charge >= 0.3 is 0 Å². The van der Waals surface area contributed by atoms with Gasteiger partial charge in [0.1, 0.15) is 5.01 Å². The molecule has 0 aliphatic rings. The van der Waals surface area contributed by atoms with E-state index in [0.717, 1.165) is 15.2 Å². The summed E-state index contributed by atoms with van der Waals surface area (Å²) in [5.74, 6) is 0.0363. The SMILES string of the molecule is CC(C)N(C(=O)C=Cc1nc2ccccc2s1)C(C)C. The Morgan fingerprint density at radius 1 is 1.20 bits per heavy atom. The first-order chi connectivity index (χ1) is 9.49. The van der Waals surface area contributed by atoms with Crippen LogP contribution < -0.4 is 0 Å². The minimum Gasteiger partial charge on any atom is -0.334 e. The number of nitrogens with zero attached hydrogens (tertiary/aromatic N) is 2. The number of carbonyl (C=O) groups is 1. The molecular weight excluding hydrogens is 268 g/mol. The summed E-state index contributed by atoms with van der Waals surface area (Å²) < 4.78 is 1.14. The lowest BCUT2D eigenvalue weighted by atomic mass is 10.2. The summed E-state index contributed by atoms with van der Waals surface area (Å²) in [6.45, 7) is 8.12. The third-order valence-electron chi connectivity index (χ3n) is 3.05. The quantitative estimate of drug-likeness (QED) is 0.798. The van der Waals surface area contributed by atoms with Crippen molar-refractivity contribution in [2.24, 2.45) is 0 Å². The lowest BCUT2D eigenvalue weighted by Gasteiger charge is -2.29. The van der Waals surface area contributed by atoms with E-state index < -0.39 is 0 Å². The maximum Gasteiger partial charge on any atom is 0.247 e. The number of para-hydroxylation sites is 1. The molecule has 0 spiro atoms. The van der Waals surface area contributed by atoms with E-state index in [9.17, 15) is 4.79 Å². The Morgan fingerprint density at radius 2 is 1.85 bits per heavy atom. The fourth-order valence-corrected chi connectivity index (χ4v) is 3.17. The summed E-state index contributed by atoms with van der Waals surface area (Å²) in [6, 6.07) is 8.39. The molecule has 1 aromatic heterocycles. The van der Waals surface area contributed by atoms with Crippen LogP contribution in [-0.4, -0.2) is 27.9 Å². The first kappa shape index (κ1) is 14.7. The molecule has 0 bridgehead atoms. The molecule has 106 valence electrons. The smallest absolute Gasteiger partial charge is 0.247 e. The van der Waals surface area contributed by atoms with Crippen LogP contribution in [0.1, 0.15) is 32.7 Å². The maximum absolute atomic E-state index is 12.2. The van der Waals surface area contributed by atoms with Crippen LogP contribution in [0.25, 0.3) is 16.3 Å². The molecule has 1 heterocycles. The highest BCUT2D eigenvalue weighted by Gasteiger charge is 2.17.